The first-order chi connectivity index (χ1) is 14.6. The highest BCUT2D eigenvalue weighted by atomic mass is 35.5. The van der Waals surface area contributed by atoms with Gasteiger partial charge in [0.25, 0.3) is 0 Å². The highest BCUT2D eigenvalue weighted by Crippen LogP contribution is 2.29. The molecule has 0 unspecified atom stereocenters. The molecule has 5 nitrogen and oxygen atoms in total. The zero-order valence-corrected chi connectivity index (χ0v) is 17.5. The Balaban J connectivity index is 1.90. The van der Waals surface area contributed by atoms with Gasteiger partial charge in [-0.1, -0.05) is 72.3 Å². The number of carbonyl (C=O) groups is 1. The van der Waals surface area contributed by atoms with Gasteiger partial charge in [0.2, 0.25) is 5.91 Å². The van der Waals surface area contributed by atoms with E-state index in [-0.39, 0.29) is 12.5 Å². The number of rotatable bonds is 9. The monoisotopic (exact) mass is 424 g/mol. The van der Waals surface area contributed by atoms with Gasteiger partial charge in [-0.2, -0.15) is 0 Å². The number of anilines is 1. The van der Waals surface area contributed by atoms with Gasteiger partial charge in [0.1, 0.15) is 11.8 Å². The van der Waals surface area contributed by atoms with E-state index >= 15 is 0 Å². The fourth-order valence-electron chi connectivity index (χ4n) is 3.36. The molecule has 0 aromatic heterocycles. The summed E-state index contributed by atoms with van der Waals surface area (Å²) >= 11 is 6.21. The maximum absolute atomic E-state index is 13.4. The maximum Gasteiger partial charge on any atom is 0.246 e. The van der Waals surface area contributed by atoms with Crippen molar-refractivity contribution < 1.29 is 14.6 Å². The lowest BCUT2D eigenvalue weighted by atomic mass is 10.0. The zero-order valence-electron chi connectivity index (χ0n) is 16.8. The van der Waals surface area contributed by atoms with Crippen LogP contribution >= 0.6 is 11.6 Å². The highest BCUT2D eigenvalue weighted by molar-refractivity contribution is 6.32. The number of nitrogens with zero attached hydrogens (tertiary/aromatic N) is 1. The van der Waals surface area contributed by atoms with Crippen molar-refractivity contribution in [2.24, 2.45) is 0 Å². The van der Waals surface area contributed by atoms with Crippen LogP contribution in [0.2, 0.25) is 5.02 Å². The summed E-state index contributed by atoms with van der Waals surface area (Å²) in [5.41, 5.74) is 2.49. The fraction of sp³-hybridized carbons (Fsp3) is 0.208. The van der Waals surface area contributed by atoms with Gasteiger partial charge in [0.05, 0.1) is 18.7 Å². The van der Waals surface area contributed by atoms with Crippen molar-refractivity contribution in [2.75, 3.05) is 25.6 Å². The molecule has 0 saturated carbocycles. The maximum atomic E-state index is 13.4. The lowest BCUT2D eigenvalue weighted by Gasteiger charge is -2.31. The number of halogens is 1. The summed E-state index contributed by atoms with van der Waals surface area (Å²) < 4.78 is 5.18. The molecule has 3 aromatic rings. The minimum absolute atomic E-state index is 0.0577. The molecule has 0 heterocycles. The lowest BCUT2D eigenvalue weighted by molar-refractivity contribution is -0.122. The number of hydrogen-bond acceptors (Lipinski definition) is 4. The standard InChI is InChI=1S/C24H25ClN2O3/c1-30-22-13-12-20(16-21(22)25)26-24(29)23(19-10-6-3-7-11-19)27(14-15-28)17-18-8-4-2-5-9-18/h2-13,16,23,28H,14-15,17H2,1H3,(H,26,29)/t23-/m0/s1. The molecule has 1 amide bonds. The summed E-state index contributed by atoms with van der Waals surface area (Å²) in [6.07, 6.45) is 0. The molecule has 3 rings (SSSR count). The van der Waals surface area contributed by atoms with Crippen molar-refractivity contribution in [1.29, 1.82) is 0 Å². The molecule has 2 N–H and O–H groups in total. The molecule has 0 saturated heterocycles. The molecule has 0 spiro atoms. The summed E-state index contributed by atoms with van der Waals surface area (Å²) in [7, 11) is 1.54. The first kappa shape index (κ1) is 21.8. The van der Waals surface area contributed by atoms with Crippen LogP contribution in [-0.2, 0) is 11.3 Å². The molecule has 0 aliphatic heterocycles. The van der Waals surface area contributed by atoms with Crippen LogP contribution in [0.3, 0.4) is 0 Å². The molecule has 0 bridgehead atoms. The predicted octanol–water partition coefficient (Wildman–Crippen LogP) is 4.52. The second-order valence-electron chi connectivity index (χ2n) is 6.83. The Kier molecular flexibility index (Phi) is 7.85. The van der Waals surface area contributed by atoms with Crippen molar-refractivity contribution in [2.45, 2.75) is 12.6 Å². The number of amides is 1. The van der Waals surface area contributed by atoms with Crippen LogP contribution in [0.1, 0.15) is 17.2 Å². The SMILES string of the molecule is COc1ccc(NC(=O)[C@H](c2ccccc2)N(CCO)Cc2ccccc2)cc1Cl. The molecule has 3 aromatic carbocycles. The van der Waals surface area contributed by atoms with Gasteiger partial charge in [0.15, 0.2) is 0 Å². The third-order valence-corrected chi connectivity index (χ3v) is 5.06. The van der Waals surface area contributed by atoms with Gasteiger partial charge < -0.3 is 15.2 Å². The van der Waals surface area contributed by atoms with E-state index in [0.29, 0.717) is 29.5 Å². The van der Waals surface area contributed by atoms with E-state index in [1.54, 1.807) is 25.3 Å². The van der Waals surface area contributed by atoms with Crippen LogP contribution in [-0.4, -0.2) is 36.2 Å². The van der Waals surface area contributed by atoms with E-state index in [4.69, 9.17) is 16.3 Å². The molecular formula is C24H25ClN2O3. The van der Waals surface area contributed by atoms with Crippen molar-refractivity contribution in [3.05, 3.63) is 95.0 Å². The molecule has 0 radical (unpaired) electrons. The van der Waals surface area contributed by atoms with E-state index < -0.39 is 6.04 Å². The molecule has 0 fully saturated rings. The van der Waals surface area contributed by atoms with Crippen molar-refractivity contribution in [3.63, 3.8) is 0 Å². The number of methoxy groups -OCH3 is 1. The fourth-order valence-corrected chi connectivity index (χ4v) is 3.62. The first-order valence-electron chi connectivity index (χ1n) is 9.70. The van der Waals surface area contributed by atoms with Crippen molar-refractivity contribution >= 4 is 23.2 Å². The average molecular weight is 425 g/mol. The highest BCUT2D eigenvalue weighted by Gasteiger charge is 2.28. The number of aliphatic hydroxyl groups is 1. The van der Waals surface area contributed by atoms with Gasteiger partial charge >= 0.3 is 0 Å². The van der Waals surface area contributed by atoms with Gasteiger partial charge in [-0.3, -0.25) is 9.69 Å². The Morgan fingerprint density at radius 1 is 1.07 bits per heavy atom. The average Bonchev–Trinajstić information content (AvgIpc) is 2.76. The van der Waals surface area contributed by atoms with E-state index in [0.717, 1.165) is 11.1 Å². The Morgan fingerprint density at radius 3 is 2.33 bits per heavy atom. The Labute approximate surface area is 181 Å². The summed E-state index contributed by atoms with van der Waals surface area (Å²) in [6, 6.07) is 24.0. The third-order valence-electron chi connectivity index (χ3n) is 4.76. The van der Waals surface area contributed by atoms with Crippen LogP contribution in [0.15, 0.2) is 78.9 Å². The Morgan fingerprint density at radius 2 is 1.73 bits per heavy atom. The molecule has 30 heavy (non-hydrogen) atoms. The molecular weight excluding hydrogens is 400 g/mol. The quantitative estimate of drug-likeness (QED) is 0.530. The minimum atomic E-state index is -0.584. The van der Waals surface area contributed by atoms with E-state index in [1.807, 2.05) is 65.6 Å². The van der Waals surface area contributed by atoms with Gasteiger partial charge in [0, 0.05) is 18.8 Å². The van der Waals surface area contributed by atoms with Crippen LogP contribution in [0.4, 0.5) is 5.69 Å². The molecule has 6 heteroatoms. The lowest BCUT2D eigenvalue weighted by Crippen LogP contribution is -2.38. The van der Waals surface area contributed by atoms with Gasteiger partial charge in [-0.05, 0) is 29.3 Å². The van der Waals surface area contributed by atoms with Crippen LogP contribution in [0.5, 0.6) is 5.75 Å². The second kappa shape index (κ2) is 10.8. The van der Waals surface area contributed by atoms with E-state index in [2.05, 4.69) is 5.32 Å². The molecule has 1 atom stereocenters. The Hall–Kier alpha value is -2.86. The Bertz CT molecular complexity index is 951. The van der Waals surface area contributed by atoms with E-state index in [1.165, 1.54) is 0 Å². The second-order valence-corrected chi connectivity index (χ2v) is 7.24. The normalized spacial score (nSPS) is 11.9. The molecule has 156 valence electrons. The zero-order chi connectivity index (χ0) is 21.3. The van der Waals surface area contributed by atoms with Gasteiger partial charge in [-0.15, -0.1) is 0 Å². The summed E-state index contributed by atoms with van der Waals surface area (Å²) in [6.45, 7) is 0.820. The summed E-state index contributed by atoms with van der Waals surface area (Å²) in [5.74, 6) is 0.340. The van der Waals surface area contributed by atoms with Gasteiger partial charge in [-0.25, -0.2) is 0 Å². The van der Waals surface area contributed by atoms with Crippen LogP contribution in [0.25, 0.3) is 0 Å². The molecule has 0 aliphatic rings. The number of aliphatic hydroxyl groups excluding tert-OH is 1. The van der Waals surface area contributed by atoms with Crippen LogP contribution < -0.4 is 10.1 Å². The topological polar surface area (TPSA) is 61.8 Å². The summed E-state index contributed by atoms with van der Waals surface area (Å²) in [4.78, 5) is 15.3. The van der Waals surface area contributed by atoms with Crippen LogP contribution in [0, 0.1) is 0 Å². The predicted molar refractivity (Wildman–Crippen MR) is 120 cm³/mol. The number of ether oxygens (including phenoxy) is 1. The largest absolute Gasteiger partial charge is 0.495 e. The smallest absolute Gasteiger partial charge is 0.246 e. The van der Waals surface area contributed by atoms with Crippen molar-refractivity contribution in [1.82, 2.24) is 4.90 Å². The number of benzene rings is 3. The number of carbonyl (C=O) groups excluding carboxylic acids is 1. The molecule has 0 aliphatic carbocycles. The summed E-state index contributed by atoms with van der Waals surface area (Å²) in [5, 5.41) is 13.0. The first-order valence-corrected chi connectivity index (χ1v) is 10.1. The number of nitrogens with one attached hydrogen (secondary N) is 1. The third kappa shape index (κ3) is 5.60. The number of hydrogen-bond donors (Lipinski definition) is 2. The van der Waals surface area contributed by atoms with Crippen molar-refractivity contribution in [3.8, 4) is 5.75 Å². The van der Waals surface area contributed by atoms with E-state index in [9.17, 15) is 9.90 Å². The minimum Gasteiger partial charge on any atom is -0.495 e.